The minimum atomic E-state index is -0.650. The molecule has 0 saturated heterocycles. The van der Waals surface area contributed by atoms with Gasteiger partial charge < -0.3 is 10.2 Å². The maximum atomic E-state index is 12.2. The van der Waals surface area contributed by atoms with Crippen molar-refractivity contribution in [2.24, 2.45) is 5.16 Å². The fraction of sp³-hybridized carbons (Fsp3) is 0.167. The van der Waals surface area contributed by atoms with E-state index < -0.39 is 11.9 Å². The predicted molar refractivity (Wildman–Crippen MR) is 125 cm³/mol. The third-order valence-electron chi connectivity index (χ3n) is 4.41. The minimum Gasteiger partial charge on any atom is -0.391 e. The van der Waals surface area contributed by atoms with E-state index in [1.807, 2.05) is 18.2 Å². The van der Waals surface area contributed by atoms with Crippen LogP contribution in [0.25, 0.3) is 0 Å². The number of anilines is 1. The lowest BCUT2D eigenvalue weighted by atomic mass is 10.1. The summed E-state index contributed by atoms with van der Waals surface area (Å²) < 4.78 is 0. The maximum Gasteiger partial charge on any atom is 0.326 e. The summed E-state index contributed by atoms with van der Waals surface area (Å²) in [5, 5.41) is 9.38. The van der Waals surface area contributed by atoms with E-state index in [0.29, 0.717) is 5.69 Å². The third kappa shape index (κ3) is 6.65. The number of nitrogens with one attached hydrogen (secondary N) is 2. The molecule has 1 heterocycles. The second kappa shape index (κ2) is 11.6. The Hall–Kier alpha value is -3.71. The number of rotatable bonds is 8. The molecule has 0 aliphatic carbocycles. The lowest BCUT2D eigenvalue weighted by Crippen LogP contribution is -2.34. The SMILES string of the molecule is CCCC(=NOCc1ccc(NC(=O)NC(=O)c2ccccc2Cl)cc1)c1ccccn1. The van der Waals surface area contributed by atoms with E-state index in [1.165, 1.54) is 0 Å². The van der Waals surface area contributed by atoms with Crippen molar-refractivity contribution in [3.8, 4) is 0 Å². The molecule has 0 fully saturated rings. The summed E-state index contributed by atoms with van der Waals surface area (Å²) in [6.45, 7) is 2.35. The first-order valence-electron chi connectivity index (χ1n) is 10.1. The quantitative estimate of drug-likeness (QED) is 0.354. The highest BCUT2D eigenvalue weighted by molar-refractivity contribution is 6.34. The lowest BCUT2D eigenvalue weighted by molar-refractivity contribution is 0.0967. The van der Waals surface area contributed by atoms with Crippen LogP contribution in [0, 0.1) is 0 Å². The molecule has 8 heteroatoms. The van der Waals surface area contributed by atoms with Gasteiger partial charge in [0.2, 0.25) is 0 Å². The monoisotopic (exact) mass is 450 g/mol. The molecule has 0 aliphatic heterocycles. The normalized spacial score (nSPS) is 11.0. The van der Waals surface area contributed by atoms with E-state index in [9.17, 15) is 9.59 Å². The average Bonchev–Trinajstić information content (AvgIpc) is 2.80. The van der Waals surface area contributed by atoms with E-state index in [2.05, 4.69) is 27.7 Å². The number of urea groups is 1. The molecule has 0 unspecified atom stereocenters. The van der Waals surface area contributed by atoms with Gasteiger partial charge in [0.25, 0.3) is 5.91 Å². The lowest BCUT2D eigenvalue weighted by Gasteiger charge is -2.09. The van der Waals surface area contributed by atoms with Crippen molar-refractivity contribution in [2.45, 2.75) is 26.4 Å². The molecule has 32 heavy (non-hydrogen) atoms. The molecule has 7 nitrogen and oxygen atoms in total. The van der Waals surface area contributed by atoms with E-state index in [0.717, 1.165) is 29.8 Å². The number of nitrogens with zero attached hydrogens (tertiary/aromatic N) is 2. The van der Waals surface area contributed by atoms with E-state index in [4.69, 9.17) is 16.4 Å². The Morgan fingerprint density at radius 2 is 1.78 bits per heavy atom. The van der Waals surface area contributed by atoms with Crippen molar-refractivity contribution in [1.82, 2.24) is 10.3 Å². The smallest absolute Gasteiger partial charge is 0.326 e. The molecule has 3 aromatic rings. The highest BCUT2D eigenvalue weighted by atomic mass is 35.5. The zero-order chi connectivity index (χ0) is 22.8. The minimum absolute atomic E-state index is 0.227. The Balaban J connectivity index is 1.53. The largest absolute Gasteiger partial charge is 0.391 e. The number of carbonyl (C=O) groups excluding carboxylic acids is 2. The molecule has 2 N–H and O–H groups in total. The molecule has 3 amide bonds. The first-order valence-corrected chi connectivity index (χ1v) is 10.5. The number of hydrogen-bond acceptors (Lipinski definition) is 5. The van der Waals surface area contributed by atoms with Crippen molar-refractivity contribution in [3.05, 3.63) is 94.8 Å². The van der Waals surface area contributed by atoms with Crippen LogP contribution in [0.15, 0.2) is 78.1 Å². The number of amides is 3. The molecule has 3 rings (SSSR count). The summed E-state index contributed by atoms with van der Waals surface area (Å²) in [5.74, 6) is -0.577. The molecular formula is C24H23ClN4O3. The zero-order valence-corrected chi connectivity index (χ0v) is 18.3. The standard InChI is InChI=1S/C24H23ClN4O3/c1-2-7-22(21-10-5-6-15-26-21)29-32-16-17-11-13-18(14-12-17)27-24(31)28-23(30)19-8-3-4-9-20(19)25/h3-6,8-15H,2,7,16H2,1H3,(H2,27,28,30,31). The highest BCUT2D eigenvalue weighted by Gasteiger charge is 2.13. The fourth-order valence-corrected chi connectivity index (χ4v) is 3.06. The van der Waals surface area contributed by atoms with E-state index >= 15 is 0 Å². The molecule has 0 radical (unpaired) electrons. The summed E-state index contributed by atoms with van der Waals surface area (Å²) >= 11 is 5.98. The van der Waals surface area contributed by atoms with Gasteiger partial charge in [-0.3, -0.25) is 15.1 Å². The average molecular weight is 451 g/mol. The van der Waals surface area contributed by atoms with Crippen LogP contribution < -0.4 is 10.6 Å². The van der Waals surface area contributed by atoms with Crippen molar-refractivity contribution >= 4 is 34.9 Å². The van der Waals surface area contributed by atoms with E-state index in [-0.39, 0.29) is 17.2 Å². The van der Waals surface area contributed by atoms with Crippen LogP contribution in [-0.4, -0.2) is 22.6 Å². The van der Waals surface area contributed by atoms with Crippen LogP contribution in [0.1, 0.15) is 41.4 Å². The zero-order valence-electron chi connectivity index (χ0n) is 17.5. The number of oxime groups is 1. The highest BCUT2D eigenvalue weighted by Crippen LogP contribution is 2.15. The number of hydrogen-bond donors (Lipinski definition) is 2. The van der Waals surface area contributed by atoms with Gasteiger partial charge in [-0.2, -0.15) is 0 Å². The molecule has 0 spiro atoms. The van der Waals surface area contributed by atoms with Crippen LogP contribution in [0.5, 0.6) is 0 Å². The van der Waals surface area contributed by atoms with Crippen LogP contribution in [-0.2, 0) is 11.4 Å². The second-order valence-electron chi connectivity index (χ2n) is 6.86. The number of carbonyl (C=O) groups is 2. The van der Waals surface area contributed by atoms with Crippen molar-refractivity contribution in [2.75, 3.05) is 5.32 Å². The summed E-state index contributed by atoms with van der Waals surface area (Å²) in [6.07, 6.45) is 3.42. The van der Waals surface area contributed by atoms with Gasteiger partial charge in [-0.25, -0.2) is 4.79 Å². The summed E-state index contributed by atoms with van der Waals surface area (Å²) in [5.41, 5.74) is 3.23. The molecule has 0 bridgehead atoms. The Labute approximate surface area is 191 Å². The van der Waals surface area contributed by atoms with Crippen LogP contribution in [0.4, 0.5) is 10.5 Å². The number of halogens is 1. The Bertz CT molecular complexity index is 1090. The molecule has 0 saturated carbocycles. The molecule has 1 aromatic heterocycles. The molecule has 0 aliphatic rings. The number of pyridine rings is 1. The molecule has 0 atom stereocenters. The Kier molecular flexibility index (Phi) is 8.34. The molecular weight excluding hydrogens is 428 g/mol. The van der Waals surface area contributed by atoms with Gasteiger partial charge in [0, 0.05) is 11.9 Å². The van der Waals surface area contributed by atoms with Gasteiger partial charge in [0.05, 0.1) is 16.3 Å². The van der Waals surface area contributed by atoms with Crippen molar-refractivity contribution in [1.29, 1.82) is 0 Å². The predicted octanol–water partition coefficient (Wildman–Crippen LogP) is 5.42. The van der Waals surface area contributed by atoms with Crippen LogP contribution >= 0.6 is 11.6 Å². The number of imide groups is 1. The molecule has 164 valence electrons. The van der Waals surface area contributed by atoms with Crippen LogP contribution in [0.2, 0.25) is 5.02 Å². The number of aromatic nitrogens is 1. The summed E-state index contributed by atoms with van der Waals surface area (Å²) in [7, 11) is 0. The van der Waals surface area contributed by atoms with E-state index in [1.54, 1.807) is 54.7 Å². The summed E-state index contributed by atoms with van der Waals surface area (Å²) in [4.78, 5) is 34.1. The fourth-order valence-electron chi connectivity index (χ4n) is 2.84. The maximum absolute atomic E-state index is 12.2. The Morgan fingerprint density at radius 1 is 1.03 bits per heavy atom. The van der Waals surface area contributed by atoms with Crippen molar-refractivity contribution in [3.63, 3.8) is 0 Å². The number of benzene rings is 2. The van der Waals surface area contributed by atoms with Gasteiger partial charge in [0.1, 0.15) is 12.3 Å². The molecule has 2 aromatic carbocycles. The summed E-state index contributed by atoms with van der Waals surface area (Å²) in [6, 6.07) is 18.6. The first-order chi connectivity index (χ1) is 15.6. The van der Waals surface area contributed by atoms with Gasteiger partial charge in [0.15, 0.2) is 0 Å². The second-order valence-corrected chi connectivity index (χ2v) is 7.27. The van der Waals surface area contributed by atoms with Gasteiger partial charge in [-0.1, -0.05) is 60.4 Å². The Morgan fingerprint density at radius 3 is 2.47 bits per heavy atom. The first kappa shape index (κ1) is 23.0. The van der Waals surface area contributed by atoms with Crippen LogP contribution in [0.3, 0.4) is 0 Å². The third-order valence-corrected chi connectivity index (χ3v) is 4.74. The van der Waals surface area contributed by atoms with Gasteiger partial charge >= 0.3 is 6.03 Å². The topological polar surface area (TPSA) is 92.7 Å². The van der Waals surface area contributed by atoms with Gasteiger partial charge in [-0.05, 0) is 48.4 Å². The van der Waals surface area contributed by atoms with Crippen molar-refractivity contribution < 1.29 is 14.4 Å². The van der Waals surface area contributed by atoms with Gasteiger partial charge in [-0.15, -0.1) is 0 Å².